The Morgan fingerprint density at radius 3 is 2.27 bits per heavy atom. The van der Waals surface area contributed by atoms with Crippen LogP contribution in [0.5, 0.6) is 0 Å². The van der Waals surface area contributed by atoms with E-state index in [1.165, 1.54) is 12.1 Å². The number of anilines is 1. The Bertz CT molecular complexity index is 641. The van der Waals surface area contributed by atoms with Gasteiger partial charge in [-0.15, -0.1) is 0 Å². The summed E-state index contributed by atoms with van der Waals surface area (Å²) < 4.78 is 24.5. The van der Waals surface area contributed by atoms with Crippen molar-refractivity contribution in [1.82, 2.24) is 0 Å². The van der Waals surface area contributed by atoms with Gasteiger partial charge in [0.25, 0.3) is 11.7 Å². The van der Waals surface area contributed by atoms with E-state index in [4.69, 9.17) is 0 Å². The number of para-hydroxylation sites is 1. The number of rotatable bonds is 5. The minimum atomic E-state index is -2.46. The van der Waals surface area contributed by atoms with E-state index in [1.807, 2.05) is 24.3 Å². The Labute approximate surface area is 132 Å². The van der Waals surface area contributed by atoms with E-state index in [2.05, 4.69) is 19.2 Å². The molecule has 1 amide bonds. The molecule has 0 fully saturated rings. The third-order valence-corrected chi connectivity index (χ3v) is 3.90. The number of carbonyl (C=O) groups excluding carboxylic acids is 1. The Morgan fingerprint density at radius 1 is 1.05 bits per heavy atom. The maximum absolute atomic E-state index is 12.3. The highest BCUT2D eigenvalue weighted by Crippen LogP contribution is 2.26. The van der Waals surface area contributed by atoms with Gasteiger partial charge in [-0.05, 0) is 41.8 Å². The van der Waals surface area contributed by atoms with Gasteiger partial charge in [0.1, 0.15) is 0 Å². The van der Waals surface area contributed by atoms with Crippen LogP contribution in [0.1, 0.15) is 35.7 Å². The van der Waals surface area contributed by atoms with Crippen molar-refractivity contribution in [2.75, 3.05) is 5.32 Å². The monoisotopic (exact) mass is 321 g/mol. The summed E-state index contributed by atoms with van der Waals surface area (Å²) in [5.74, 6) is -2.42. The molecule has 116 valence electrons. The summed E-state index contributed by atoms with van der Waals surface area (Å²) in [5, 5.41) is 2.87. The van der Waals surface area contributed by atoms with Gasteiger partial charge in [0, 0.05) is 16.1 Å². The van der Waals surface area contributed by atoms with Crippen LogP contribution in [0.15, 0.2) is 53.4 Å². The largest absolute Gasteiger partial charge is 0.322 e. The minimum absolute atomic E-state index is 0.248. The molecule has 0 radical (unpaired) electrons. The molecule has 0 spiro atoms. The van der Waals surface area contributed by atoms with E-state index in [9.17, 15) is 13.6 Å². The van der Waals surface area contributed by atoms with Crippen LogP contribution >= 0.6 is 11.8 Å². The molecular weight excluding hydrogens is 304 g/mol. The van der Waals surface area contributed by atoms with Crippen molar-refractivity contribution in [2.45, 2.75) is 30.4 Å². The Morgan fingerprint density at radius 2 is 1.68 bits per heavy atom. The number of benzene rings is 2. The van der Waals surface area contributed by atoms with Gasteiger partial charge in [0.15, 0.2) is 0 Å². The molecule has 0 heterocycles. The molecular formula is C17H17F2NOS. The number of thioether (sulfide) groups is 1. The normalized spacial score (nSPS) is 11.0. The first-order valence-electron chi connectivity index (χ1n) is 6.92. The smallest absolute Gasteiger partial charge is 0.288 e. The first-order valence-corrected chi connectivity index (χ1v) is 7.80. The highest BCUT2D eigenvalue weighted by atomic mass is 32.2. The summed E-state index contributed by atoms with van der Waals surface area (Å²) in [7, 11) is 0. The molecule has 0 aliphatic carbocycles. The minimum Gasteiger partial charge on any atom is -0.322 e. The lowest BCUT2D eigenvalue weighted by molar-refractivity contribution is 0.102. The van der Waals surface area contributed by atoms with Crippen LogP contribution in [0, 0.1) is 0 Å². The molecule has 0 bridgehead atoms. The van der Waals surface area contributed by atoms with E-state index in [0.29, 0.717) is 28.1 Å². The number of alkyl halides is 2. The molecule has 2 aromatic rings. The van der Waals surface area contributed by atoms with Crippen molar-refractivity contribution < 1.29 is 13.6 Å². The lowest BCUT2D eigenvalue weighted by Crippen LogP contribution is -2.13. The molecule has 0 saturated heterocycles. The van der Waals surface area contributed by atoms with Crippen LogP contribution in [0.2, 0.25) is 0 Å². The molecule has 22 heavy (non-hydrogen) atoms. The maximum atomic E-state index is 12.3. The zero-order chi connectivity index (χ0) is 16.1. The number of carbonyl (C=O) groups is 1. The van der Waals surface area contributed by atoms with Gasteiger partial charge in [-0.1, -0.05) is 43.8 Å². The Kier molecular flexibility index (Phi) is 5.55. The fourth-order valence-corrected chi connectivity index (χ4v) is 2.60. The summed E-state index contributed by atoms with van der Waals surface area (Å²) >= 11 is 0.464. The van der Waals surface area contributed by atoms with Gasteiger partial charge in [0.2, 0.25) is 0 Å². The highest BCUT2D eigenvalue weighted by molar-refractivity contribution is 7.99. The predicted molar refractivity (Wildman–Crippen MR) is 86.8 cm³/mol. The molecule has 1 N–H and O–H groups in total. The predicted octanol–water partition coefficient (Wildman–Crippen LogP) is 5.38. The van der Waals surface area contributed by atoms with Crippen molar-refractivity contribution in [3.05, 3.63) is 59.7 Å². The number of amides is 1. The topological polar surface area (TPSA) is 29.1 Å². The lowest BCUT2D eigenvalue weighted by atomic mass is 10.0. The second kappa shape index (κ2) is 7.40. The highest BCUT2D eigenvalue weighted by Gasteiger charge is 2.11. The second-order valence-corrected chi connectivity index (χ2v) is 6.16. The van der Waals surface area contributed by atoms with E-state index in [-0.39, 0.29) is 5.91 Å². The van der Waals surface area contributed by atoms with E-state index in [0.717, 1.165) is 11.3 Å². The third kappa shape index (κ3) is 4.31. The summed E-state index contributed by atoms with van der Waals surface area (Å²) in [4.78, 5) is 12.7. The average molecular weight is 321 g/mol. The van der Waals surface area contributed by atoms with E-state index < -0.39 is 5.76 Å². The summed E-state index contributed by atoms with van der Waals surface area (Å²) in [6.45, 7) is 4.11. The summed E-state index contributed by atoms with van der Waals surface area (Å²) in [6, 6.07) is 13.8. The number of hydrogen-bond acceptors (Lipinski definition) is 2. The molecule has 0 aliphatic rings. The van der Waals surface area contributed by atoms with Gasteiger partial charge in [-0.25, -0.2) is 0 Å². The standard InChI is InChI=1S/C17H17F2NOS/c1-11(2)14-5-3-4-6-15(14)20-16(21)12-7-9-13(10-8-12)22-17(18)19/h3-11,17H,1-2H3,(H,20,21). The van der Waals surface area contributed by atoms with Crippen LogP contribution in [0.3, 0.4) is 0 Å². The fourth-order valence-electron chi connectivity index (χ4n) is 2.10. The van der Waals surface area contributed by atoms with Gasteiger partial charge >= 0.3 is 0 Å². The third-order valence-electron chi connectivity index (χ3n) is 3.17. The molecule has 0 atom stereocenters. The molecule has 2 aromatic carbocycles. The van der Waals surface area contributed by atoms with E-state index in [1.54, 1.807) is 12.1 Å². The van der Waals surface area contributed by atoms with Gasteiger partial charge in [-0.2, -0.15) is 8.78 Å². The molecule has 2 nitrogen and oxygen atoms in total. The summed E-state index contributed by atoms with van der Waals surface area (Å²) in [5.41, 5.74) is 2.27. The van der Waals surface area contributed by atoms with Crippen molar-refractivity contribution in [1.29, 1.82) is 0 Å². The van der Waals surface area contributed by atoms with Crippen LogP contribution in [-0.4, -0.2) is 11.7 Å². The zero-order valence-electron chi connectivity index (χ0n) is 12.3. The first-order chi connectivity index (χ1) is 10.5. The molecule has 2 rings (SSSR count). The van der Waals surface area contributed by atoms with Gasteiger partial charge in [0.05, 0.1) is 0 Å². The molecule has 0 saturated carbocycles. The molecule has 0 aliphatic heterocycles. The average Bonchev–Trinajstić information content (AvgIpc) is 2.47. The van der Waals surface area contributed by atoms with Crippen molar-refractivity contribution in [2.24, 2.45) is 0 Å². The van der Waals surface area contributed by atoms with Crippen LogP contribution in [-0.2, 0) is 0 Å². The van der Waals surface area contributed by atoms with Gasteiger partial charge in [-0.3, -0.25) is 4.79 Å². The van der Waals surface area contributed by atoms with Crippen LogP contribution in [0.25, 0.3) is 0 Å². The van der Waals surface area contributed by atoms with Crippen LogP contribution in [0.4, 0.5) is 14.5 Å². The van der Waals surface area contributed by atoms with Crippen molar-refractivity contribution >= 4 is 23.4 Å². The fraction of sp³-hybridized carbons (Fsp3) is 0.235. The molecule has 0 unspecified atom stereocenters. The van der Waals surface area contributed by atoms with Crippen molar-refractivity contribution in [3.8, 4) is 0 Å². The summed E-state index contributed by atoms with van der Waals surface area (Å²) in [6.07, 6.45) is 0. The quantitative estimate of drug-likeness (QED) is 0.749. The lowest BCUT2D eigenvalue weighted by Gasteiger charge is -2.13. The maximum Gasteiger partial charge on any atom is 0.288 e. The SMILES string of the molecule is CC(C)c1ccccc1NC(=O)c1ccc(SC(F)F)cc1. The van der Waals surface area contributed by atoms with Crippen molar-refractivity contribution in [3.63, 3.8) is 0 Å². The number of halogens is 2. The molecule has 5 heteroatoms. The molecule has 0 aromatic heterocycles. The van der Waals surface area contributed by atoms with Gasteiger partial charge < -0.3 is 5.32 Å². The van der Waals surface area contributed by atoms with E-state index >= 15 is 0 Å². The zero-order valence-corrected chi connectivity index (χ0v) is 13.2. The number of nitrogens with one attached hydrogen (secondary N) is 1. The second-order valence-electron chi connectivity index (χ2n) is 5.10. The van der Waals surface area contributed by atoms with Crippen LogP contribution < -0.4 is 5.32 Å². The first kappa shape index (κ1) is 16.5. The Hall–Kier alpha value is -1.88. The Balaban J connectivity index is 2.13. The number of hydrogen-bond donors (Lipinski definition) is 1.